The van der Waals surface area contributed by atoms with E-state index >= 15 is 0 Å². The van der Waals surface area contributed by atoms with E-state index < -0.39 is 0 Å². The maximum atomic E-state index is 6.16. The van der Waals surface area contributed by atoms with Crippen LogP contribution in [0.3, 0.4) is 0 Å². The van der Waals surface area contributed by atoms with Crippen LogP contribution in [0.25, 0.3) is 0 Å². The van der Waals surface area contributed by atoms with Gasteiger partial charge in [0, 0.05) is 6.04 Å². The van der Waals surface area contributed by atoms with E-state index in [2.05, 4.69) is 32.6 Å². The van der Waals surface area contributed by atoms with Gasteiger partial charge in [-0.05, 0) is 53.5 Å². The van der Waals surface area contributed by atoms with E-state index in [1.165, 1.54) is 6.42 Å². The average molecular weight is 256 g/mol. The van der Waals surface area contributed by atoms with Crippen molar-refractivity contribution in [3.63, 3.8) is 0 Å². The highest BCUT2D eigenvalue weighted by Gasteiger charge is 2.50. The van der Waals surface area contributed by atoms with Crippen LogP contribution in [0.1, 0.15) is 47.0 Å². The molecule has 2 atom stereocenters. The molecule has 2 N–H and O–H groups in total. The molecule has 2 rings (SSSR count). The Morgan fingerprint density at radius 2 is 2.00 bits per heavy atom. The Balaban J connectivity index is 2.19. The van der Waals surface area contributed by atoms with Gasteiger partial charge in [0.15, 0.2) is 0 Å². The van der Waals surface area contributed by atoms with Gasteiger partial charge in [0.2, 0.25) is 0 Å². The fourth-order valence-corrected chi connectivity index (χ4v) is 3.77. The number of hydrogen-bond donors (Lipinski definition) is 1. The van der Waals surface area contributed by atoms with E-state index in [0.717, 1.165) is 19.4 Å². The molecule has 0 saturated carbocycles. The number of nitrogens with zero attached hydrogens (tertiary/aromatic N) is 1. The maximum absolute atomic E-state index is 6.16. The Morgan fingerprint density at radius 3 is 2.47 bits per heavy atom. The summed E-state index contributed by atoms with van der Waals surface area (Å²) < 4.78 is 6.16. The first-order valence-electron chi connectivity index (χ1n) is 6.48. The zero-order valence-electron chi connectivity index (χ0n) is 11.3. The number of hydrogen-bond acceptors (Lipinski definition) is 3. The summed E-state index contributed by atoms with van der Waals surface area (Å²) >= 11 is 5.20. The molecule has 0 aromatic carbocycles. The van der Waals surface area contributed by atoms with Crippen LogP contribution in [0.4, 0.5) is 0 Å². The van der Waals surface area contributed by atoms with E-state index in [1.54, 1.807) is 0 Å². The van der Waals surface area contributed by atoms with Crippen LogP contribution in [-0.4, -0.2) is 39.7 Å². The molecular formula is C13H24N2OS. The normalized spacial score (nSPS) is 36.2. The molecule has 98 valence electrons. The fourth-order valence-electron chi connectivity index (χ4n) is 3.52. The zero-order chi connectivity index (χ0) is 12.8. The van der Waals surface area contributed by atoms with Crippen molar-refractivity contribution in [3.05, 3.63) is 0 Å². The van der Waals surface area contributed by atoms with Gasteiger partial charge in [-0.3, -0.25) is 4.90 Å². The SMILES string of the molecule is CC1(C)CC(N2CCCC2C(N)=S)C(C)(C)O1. The van der Waals surface area contributed by atoms with Crippen LogP contribution in [0.15, 0.2) is 0 Å². The molecule has 2 unspecified atom stereocenters. The van der Waals surface area contributed by atoms with E-state index in [1.807, 2.05) is 0 Å². The quantitative estimate of drug-likeness (QED) is 0.768. The third-order valence-electron chi connectivity index (χ3n) is 4.05. The number of nitrogens with two attached hydrogens (primary N) is 1. The Morgan fingerprint density at radius 1 is 1.35 bits per heavy atom. The van der Waals surface area contributed by atoms with Crippen molar-refractivity contribution in [2.75, 3.05) is 6.54 Å². The maximum Gasteiger partial charge on any atom is 0.0902 e. The number of thiocarbonyl (C=S) groups is 1. The molecule has 2 aliphatic rings. The molecule has 17 heavy (non-hydrogen) atoms. The summed E-state index contributed by atoms with van der Waals surface area (Å²) in [6, 6.07) is 0.693. The Bertz CT molecular complexity index is 327. The van der Waals surface area contributed by atoms with Crippen molar-refractivity contribution in [1.82, 2.24) is 4.90 Å². The lowest BCUT2D eigenvalue weighted by Crippen LogP contribution is -2.51. The minimum Gasteiger partial charge on any atom is -0.392 e. The van der Waals surface area contributed by atoms with Crippen LogP contribution in [-0.2, 0) is 4.74 Å². The molecule has 2 saturated heterocycles. The van der Waals surface area contributed by atoms with Gasteiger partial charge in [-0.25, -0.2) is 0 Å². The Labute approximate surface area is 110 Å². The van der Waals surface area contributed by atoms with E-state index in [0.29, 0.717) is 11.0 Å². The molecular weight excluding hydrogens is 232 g/mol. The highest BCUT2D eigenvalue weighted by molar-refractivity contribution is 7.80. The van der Waals surface area contributed by atoms with Gasteiger partial charge >= 0.3 is 0 Å². The number of likely N-dealkylation sites (tertiary alicyclic amines) is 1. The van der Waals surface area contributed by atoms with Gasteiger partial charge in [0.05, 0.1) is 22.2 Å². The van der Waals surface area contributed by atoms with Crippen molar-refractivity contribution < 1.29 is 4.74 Å². The van der Waals surface area contributed by atoms with Gasteiger partial charge in [0.25, 0.3) is 0 Å². The standard InChI is InChI=1S/C13H24N2OS/c1-12(2)8-10(13(3,4)16-12)15-7-5-6-9(15)11(14)17/h9-10H,5-8H2,1-4H3,(H2,14,17). The molecule has 3 nitrogen and oxygen atoms in total. The molecule has 0 aromatic rings. The van der Waals surface area contributed by atoms with Crippen LogP contribution >= 0.6 is 12.2 Å². The molecule has 0 radical (unpaired) electrons. The van der Waals surface area contributed by atoms with Gasteiger partial charge < -0.3 is 10.5 Å². The molecule has 0 spiro atoms. The predicted octanol–water partition coefficient (Wildman–Crippen LogP) is 2.08. The summed E-state index contributed by atoms with van der Waals surface area (Å²) in [6.07, 6.45) is 3.34. The van der Waals surface area contributed by atoms with Gasteiger partial charge in [0.1, 0.15) is 0 Å². The smallest absolute Gasteiger partial charge is 0.0902 e. The van der Waals surface area contributed by atoms with E-state index in [-0.39, 0.29) is 17.2 Å². The first-order valence-corrected chi connectivity index (χ1v) is 6.89. The molecule has 0 aliphatic carbocycles. The van der Waals surface area contributed by atoms with E-state index in [4.69, 9.17) is 22.7 Å². The third kappa shape index (κ3) is 2.49. The molecule has 2 heterocycles. The summed E-state index contributed by atoms with van der Waals surface area (Å²) in [5.74, 6) is 0. The highest BCUT2D eigenvalue weighted by atomic mass is 32.1. The van der Waals surface area contributed by atoms with Crippen molar-refractivity contribution in [3.8, 4) is 0 Å². The van der Waals surface area contributed by atoms with E-state index in [9.17, 15) is 0 Å². The minimum atomic E-state index is -0.114. The number of rotatable bonds is 2. The summed E-state index contributed by atoms with van der Waals surface area (Å²) in [5, 5.41) is 0. The molecule has 0 amide bonds. The summed E-state index contributed by atoms with van der Waals surface area (Å²) in [6.45, 7) is 9.79. The van der Waals surface area contributed by atoms with Crippen molar-refractivity contribution >= 4 is 17.2 Å². The summed E-state index contributed by atoms with van der Waals surface area (Å²) in [7, 11) is 0. The average Bonchev–Trinajstić information content (AvgIpc) is 2.66. The molecule has 2 aliphatic heterocycles. The monoisotopic (exact) mass is 256 g/mol. The van der Waals surface area contributed by atoms with Crippen molar-refractivity contribution in [2.24, 2.45) is 5.73 Å². The molecule has 2 fully saturated rings. The van der Waals surface area contributed by atoms with Crippen LogP contribution in [0, 0.1) is 0 Å². The number of ether oxygens (including phenoxy) is 1. The van der Waals surface area contributed by atoms with Crippen LogP contribution < -0.4 is 5.73 Å². The van der Waals surface area contributed by atoms with Crippen molar-refractivity contribution in [2.45, 2.75) is 70.2 Å². The minimum absolute atomic E-state index is 0.0441. The predicted molar refractivity (Wildman–Crippen MR) is 74.2 cm³/mol. The first-order chi connectivity index (χ1) is 7.73. The lowest BCUT2D eigenvalue weighted by atomic mass is 9.92. The highest BCUT2D eigenvalue weighted by Crippen LogP contribution is 2.42. The molecule has 0 bridgehead atoms. The Hall–Kier alpha value is -0.190. The van der Waals surface area contributed by atoms with Crippen LogP contribution in [0.2, 0.25) is 0 Å². The topological polar surface area (TPSA) is 38.5 Å². The summed E-state index contributed by atoms with van der Waals surface area (Å²) in [4.78, 5) is 3.11. The van der Waals surface area contributed by atoms with Gasteiger partial charge in [-0.1, -0.05) is 12.2 Å². The van der Waals surface area contributed by atoms with Gasteiger partial charge in [-0.15, -0.1) is 0 Å². The first kappa shape index (κ1) is 13.2. The lowest BCUT2D eigenvalue weighted by molar-refractivity contribution is -0.0800. The van der Waals surface area contributed by atoms with Crippen LogP contribution in [0.5, 0.6) is 0 Å². The second-order valence-corrected chi connectivity index (χ2v) is 6.95. The van der Waals surface area contributed by atoms with Crippen molar-refractivity contribution in [1.29, 1.82) is 0 Å². The second kappa shape index (κ2) is 4.18. The lowest BCUT2D eigenvalue weighted by Gasteiger charge is -2.37. The zero-order valence-corrected chi connectivity index (χ0v) is 12.1. The van der Waals surface area contributed by atoms with Gasteiger partial charge in [-0.2, -0.15) is 0 Å². The summed E-state index contributed by atoms with van der Waals surface area (Å²) in [5.41, 5.74) is 5.70. The molecule has 4 heteroatoms. The molecule has 0 aromatic heterocycles. The largest absolute Gasteiger partial charge is 0.392 e. The fraction of sp³-hybridized carbons (Fsp3) is 0.923. The third-order valence-corrected chi connectivity index (χ3v) is 4.32. The second-order valence-electron chi connectivity index (χ2n) is 6.48. The Kier molecular flexibility index (Phi) is 3.26.